The maximum Gasteiger partial charge on any atom is 0.0591 e. The monoisotopic (exact) mass is 406 g/mol. The van der Waals surface area contributed by atoms with Crippen LogP contribution in [-0.2, 0) is 6.42 Å². The molecule has 1 atom stereocenters. The van der Waals surface area contributed by atoms with Gasteiger partial charge in [-0.05, 0) is 51.7 Å². The highest BCUT2D eigenvalue weighted by Crippen LogP contribution is 2.36. The Balaban J connectivity index is 2.19. The summed E-state index contributed by atoms with van der Waals surface area (Å²) < 4.78 is 0.919. The Morgan fingerprint density at radius 2 is 1.67 bits per heavy atom. The molecule has 1 unspecified atom stereocenters. The first-order valence-electron chi connectivity index (χ1n) is 5.40. The molecule has 0 radical (unpaired) electrons. The van der Waals surface area contributed by atoms with Crippen molar-refractivity contribution in [3.63, 3.8) is 0 Å². The number of halogens is 4. The summed E-state index contributed by atoms with van der Waals surface area (Å²) in [6, 6.07) is 13.8. The molecule has 0 N–H and O–H groups in total. The van der Waals surface area contributed by atoms with Crippen LogP contribution in [0.2, 0.25) is 10.0 Å². The van der Waals surface area contributed by atoms with Crippen LogP contribution in [0, 0.1) is 0 Å². The van der Waals surface area contributed by atoms with Gasteiger partial charge in [0, 0.05) is 14.3 Å². The molecule has 0 aliphatic heterocycles. The van der Waals surface area contributed by atoms with Crippen molar-refractivity contribution in [1.29, 1.82) is 0 Å². The molecule has 0 fully saturated rings. The predicted molar refractivity (Wildman–Crippen MR) is 86.0 cm³/mol. The van der Waals surface area contributed by atoms with Gasteiger partial charge in [-0.15, -0.1) is 0 Å². The molecule has 0 spiro atoms. The van der Waals surface area contributed by atoms with Crippen molar-refractivity contribution in [3.05, 3.63) is 68.1 Å². The average Bonchev–Trinajstić information content (AvgIpc) is 2.35. The van der Waals surface area contributed by atoms with E-state index in [1.807, 2.05) is 42.5 Å². The van der Waals surface area contributed by atoms with Gasteiger partial charge in [0.05, 0.1) is 5.02 Å². The Hall–Kier alpha value is -0.0200. The SMILES string of the molecule is Clc1ccc(CC(Br)c2cccc(Br)c2Cl)cc1. The van der Waals surface area contributed by atoms with Crippen LogP contribution in [0.3, 0.4) is 0 Å². The van der Waals surface area contributed by atoms with Crippen molar-refractivity contribution in [3.8, 4) is 0 Å². The zero-order chi connectivity index (χ0) is 13.1. The van der Waals surface area contributed by atoms with Crippen molar-refractivity contribution in [2.75, 3.05) is 0 Å². The van der Waals surface area contributed by atoms with Gasteiger partial charge in [-0.1, -0.05) is 63.4 Å². The Kier molecular flexibility index (Phi) is 5.14. The van der Waals surface area contributed by atoms with E-state index in [9.17, 15) is 0 Å². The largest absolute Gasteiger partial charge is 0.0843 e. The molecule has 94 valence electrons. The summed E-state index contributed by atoms with van der Waals surface area (Å²) in [5.41, 5.74) is 2.30. The van der Waals surface area contributed by atoms with Gasteiger partial charge < -0.3 is 0 Å². The van der Waals surface area contributed by atoms with E-state index in [1.54, 1.807) is 0 Å². The molecule has 0 amide bonds. The molecule has 0 aromatic heterocycles. The minimum absolute atomic E-state index is 0.184. The summed E-state index contributed by atoms with van der Waals surface area (Å²) in [6.45, 7) is 0. The third-order valence-corrected chi connectivity index (χ3v) is 5.03. The molecule has 0 nitrogen and oxygen atoms in total. The smallest absolute Gasteiger partial charge is 0.0591 e. The fourth-order valence-electron chi connectivity index (χ4n) is 1.70. The van der Waals surface area contributed by atoms with Crippen LogP contribution in [0.1, 0.15) is 16.0 Å². The molecule has 18 heavy (non-hydrogen) atoms. The molecule has 0 heterocycles. The Morgan fingerprint density at radius 1 is 1.00 bits per heavy atom. The van der Waals surface area contributed by atoms with Gasteiger partial charge in [0.15, 0.2) is 0 Å². The summed E-state index contributed by atoms with van der Waals surface area (Å²) in [4.78, 5) is 0.184. The number of benzene rings is 2. The molecule has 0 saturated heterocycles. The fourth-order valence-corrected chi connectivity index (χ4v) is 3.35. The lowest BCUT2D eigenvalue weighted by atomic mass is 10.0. The van der Waals surface area contributed by atoms with E-state index >= 15 is 0 Å². The van der Waals surface area contributed by atoms with Gasteiger partial charge in [-0.25, -0.2) is 0 Å². The van der Waals surface area contributed by atoms with Gasteiger partial charge in [-0.3, -0.25) is 0 Å². The van der Waals surface area contributed by atoms with E-state index in [4.69, 9.17) is 23.2 Å². The lowest BCUT2D eigenvalue weighted by Gasteiger charge is -2.13. The van der Waals surface area contributed by atoms with Gasteiger partial charge >= 0.3 is 0 Å². The normalized spacial score (nSPS) is 12.4. The van der Waals surface area contributed by atoms with Crippen molar-refractivity contribution in [2.24, 2.45) is 0 Å². The molecular weight excluding hydrogens is 399 g/mol. The van der Waals surface area contributed by atoms with E-state index < -0.39 is 0 Å². The van der Waals surface area contributed by atoms with Crippen molar-refractivity contribution < 1.29 is 0 Å². The Bertz CT molecular complexity index is 538. The summed E-state index contributed by atoms with van der Waals surface area (Å²) >= 11 is 19.3. The van der Waals surface area contributed by atoms with Crippen LogP contribution < -0.4 is 0 Å². The molecule has 0 aliphatic carbocycles. The third-order valence-electron chi connectivity index (χ3n) is 2.65. The Morgan fingerprint density at radius 3 is 2.33 bits per heavy atom. The lowest BCUT2D eigenvalue weighted by Crippen LogP contribution is -1.96. The zero-order valence-electron chi connectivity index (χ0n) is 9.34. The van der Waals surface area contributed by atoms with E-state index in [-0.39, 0.29) is 4.83 Å². The number of rotatable bonds is 3. The van der Waals surface area contributed by atoms with Crippen LogP contribution in [0.25, 0.3) is 0 Å². The summed E-state index contributed by atoms with van der Waals surface area (Å²) in [6.07, 6.45) is 0.868. The first kappa shape index (κ1) is 14.4. The minimum atomic E-state index is 0.184. The van der Waals surface area contributed by atoms with Crippen LogP contribution in [0.5, 0.6) is 0 Å². The molecule has 0 saturated carbocycles. The van der Waals surface area contributed by atoms with E-state index in [1.165, 1.54) is 5.56 Å². The Labute approximate surface area is 134 Å². The maximum atomic E-state index is 6.28. The van der Waals surface area contributed by atoms with Crippen molar-refractivity contribution in [1.82, 2.24) is 0 Å². The highest BCUT2D eigenvalue weighted by atomic mass is 79.9. The van der Waals surface area contributed by atoms with Crippen LogP contribution >= 0.6 is 55.1 Å². The predicted octanol–water partition coefficient (Wildman–Crippen LogP) is 6.43. The number of alkyl halides is 1. The highest BCUT2D eigenvalue weighted by Gasteiger charge is 2.13. The quantitative estimate of drug-likeness (QED) is 0.513. The first-order chi connectivity index (χ1) is 8.58. The van der Waals surface area contributed by atoms with Crippen LogP contribution in [0.4, 0.5) is 0 Å². The van der Waals surface area contributed by atoms with E-state index in [0.717, 1.165) is 26.5 Å². The number of hydrogen-bond donors (Lipinski definition) is 0. The molecule has 4 heteroatoms. The summed E-state index contributed by atoms with van der Waals surface area (Å²) in [5.74, 6) is 0. The standard InChI is InChI=1S/C14H10Br2Cl2/c15-12-3-1-2-11(14(12)18)13(16)8-9-4-6-10(17)7-5-9/h1-7,13H,8H2. The molecule has 2 aromatic rings. The van der Waals surface area contributed by atoms with Crippen molar-refractivity contribution >= 4 is 55.1 Å². The second-order valence-electron chi connectivity index (χ2n) is 3.94. The number of hydrogen-bond acceptors (Lipinski definition) is 0. The van der Waals surface area contributed by atoms with E-state index in [0.29, 0.717) is 0 Å². The van der Waals surface area contributed by atoms with Gasteiger partial charge in [0.25, 0.3) is 0 Å². The zero-order valence-corrected chi connectivity index (χ0v) is 14.0. The second kappa shape index (κ2) is 6.42. The highest BCUT2D eigenvalue weighted by molar-refractivity contribution is 9.10. The summed E-state index contributed by atoms with van der Waals surface area (Å²) in [5, 5.41) is 1.51. The average molecular weight is 409 g/mol. The van der Waals surface area contributed by atoms with Crippen LogP contribution in [0.15, 0.2) is 46.9 Å². The maximum absolute atomic E-state index is 6.28. The molecule has 2 rings (SSSR count). The van der Waals surface area contributed by atoms with Crippen molar-refractivity contribution in [2.45, 2.75) is 11.2 Å². The third kappa shape index (κ3) is 3.51. The second-order valence-corrected chi connectivity index (χ2v) is 6.72. The fraction of sp³-hybridized carbons (Fsp3) is 0.143. The molecular formula is C14H10Br2Cl2. The van der Waals surface area contributed by atoms with Gasteiger partial charge in [-0.2, -0.15) is 0 Å². The molecule has 0 bridgehead atoms. The first-order valence-corrected chi connectivity index (χ1v) is 7.87. The summed E-state index contributed by atoms with van der Waals surface area (Å²) in [7, 11) is 0. The molecule has 2 aromatic carbocycles. The molecule has 0 aliphatic rings. The topological polar surface area (TPSA) is 0 Å². The lowest BCUT2D eigenvalue weighted by molar-refractivity contribution is 0.948. The minimum Gasteiger partial charge on any atom is -0.0843 e. The van der Waals surface area contributed by atoms with Gasteiger partial charge in [0.2, 0.25) is 0 Å². The van der Waals surface area contributed by atoms with E-state index in [2.05, 4.69) is 31.9 Å². The van der Waals surface area contributed by atoms with Gasteiger partial charge in [0.1, 0.15) is 0 Å². The van der Waals surface area contributed by atoms with Crippen LogP contribution in [-0.4, -0.2) is 0 Å².